The van der Waals surface area contributed by atoms with Crippen LogP contribution < -0.4 is 5.32 Å². The molecule has 0 saturated heterocycles. The summed E-state index contributed by atoms with van der Waals surface area (Å²) in [6.45, 7) is 3.72. The molecule has 4 heteroatoms. The summed E-state index contributed by atoms with van der Waals surface area (Å²) in [4.78, 5) is 11.7. The van der Waals surface area contributed by atoms with Crippen molar-refractivity contribution in [3.63, 3.8) is 0 Å². The lowest BCUT2D eigenvalue weighted by molar-refractivity contribution is 0.0903. The molecule has 3 nitrogen and oxygen atoms in total. The molecule has 2 rings (SSSR count). The maximum absolute atomic E-state index is 11.7. The molecule has 0 spiro atoms. The van der Waals surface area contributed by atoms with Gasteiger partial charge in [0, 0.05) is 31.6 Å². The fourth-order valence-electron chi connectivity index (χ4n) is 1.85. The maximum atomic E-state index is 11.7. The Hall–Kier alpha value is -0.610. The molecule has 1 aromatic heterocycles. The molecule has 1 aromatic rings. The number of hydrogen-bond acceptors (Lipinski definition) is 2. The maximum Gasteiger partial charge on any atom is 0.231 e. The predicted molar refractivity (Wildman–Crippen MR) is 58.5 cm³/mol. The normalized spacial score (nSPS) is 15.3. The van der Waals surface area contributed by atoms with Gasteiger partial charge in [-0.15, -0.1) is 0 Å². The molecule has 0 aromatic carbocycles. The van der Waals surface area contributed by atoms with Crippen LogP contribution in [0.4, 0.5) is 0 Å². The van der Waals surface area contributed by atoms with Crippen molar-refractivity contribution < 1.29 is 4.79 Å². The first-order valence-corrected chi connectivity index (χ1v) is 5.66. The van der Waals surface area contributed by atoms with Crippen LogP contribution in [0.25, 0.3) is 0 Å². The molecule has 0 bridgehead atoms. The summed E-state index contributed by atoms with van der Waals surface area (Å²) in [5.74, 6) is 0.167. The highest BCUT2D eigenvalue weighted by Gasteiger charge is 2.19. The van der Waals surface area contributed by atoms with Gasteiger partial charge in [0.1, 0.15) is 0 Å². The number of nitrogens with one attached hydrogen (secondary N) is 1. The Bertz CT molecular complexity index is 370. The molecule has 76 valence electrons. The zero-order valence-electron chi connectivity index (χ0n) is 8.14. The fourth-order valence-corrected chi connectivity index (χ4v) is 2.54. The van der Waals surface area contributed by atoms with Gasteiger partial charge >= 0.3 is 0 Å². The van der Waals surface area contributed by atoms with E-state index in [0.29, 0.717) is 6.42 Å². The number of hydrogen-bond donors (Lipinski definition) is 1. The van der Waals surface area contributed by atoms with E-state index in [4.69, 9.17) is 0 Å². The van der Waals surface area contributed by atoms with Gasteiger partial charge in [-0.3, -0.25) is 9.36 Å². The molecule has 1 aliphatic heterocycles. The van der Waals surface area contributed by atoms with E-state index < -0.39 is 0 Å². The fraction of sp³-hybridized carbons (Fsp3) is 0.500. The Labute approximate surface area is 91.6 Å². The number of aromatic nitrogens is 1. The van der Waals surface area contributed by atoms with Crippen LogP contribution in [-0.4, -0.2) is 17.0 Å². The Morgan fingerprint density at radius 3 is 3.21 bits per heavy atom. The van der Waals surface area contributed by atoms with Crippen LogP contribution in [0.15, 0.2) is 10.7 Å². The SMILES string of the molecule is CCC(=O)n1c(Br)cc2c1CCNC2. The Morgan fingerprint density at radius 1 is 1.71 bits per heavy atom. The van der Waals surface area contributed by atoms with Crippen LogP contribution in [0.1, 0.15) is 29.4 Å². The van der Waals surface area contributed by atoms with Crippen LogP contribution in [0.2, 0.25) is 0 Å². The highest BCUT2D eigenvalue weighted by Crippen LogP contribution is 2.24. The summed E-state index contributed by atoms with van der Waals surface area (Å²) < 4.78 is 2.69. The third kappa shape index (κ3) is 1.53. The monoisotopic (exact) mass is 256 g/mol. The first kappa shape index (κ1) is 9.93. The Balaban J connectivity index is 2.47. The largest absolute Gasteiger partial charge is 0.312 e. The Morgan fingerprint density at radius 2 is 2.50 bits per heavy atom. The topological polar surface area (TPSA) is 34.0 Å². The van der Waals surface area contributed by atoms with Gasteiger partial charge < -0.3 is 5.32 Å². The lowest BCUT2D eigenvalue weighted by Crippen LogP contribution is -2.26. The van der Waals surface area contributed by atoms with Crippen molar-refractivity contribution in [2.75, 3.05) is 6.54 Å². The number of nitrogens with zero attached hydrogens (tertiary/aromatic N) is 1. The van der Waals surface area contributed by atoms with Crippen molar-refractivity contribution in [1.29, 1.82) is 0 Å². The molecular weight excluding hydrogens is 244 g/mol. The molecule has 0 aliphatic carbocycles. The average molecular weight is 257 g/mol. The first-order chi connectivity index (χ1) is 6.74. The minimum atomic E-state index is 0.167. The first-order valence-electron chi connectivity index (χ1n) is 4.87. The van der Waals surface area contributed by atoms with E-state index >= 15 is 0 Å². The second-order valence-corrected chi connectivity index (χ2v) is 4.26. The summed E-state index contributed by atoms with van der Waals surface area (Å²) >= 11 is 3.43. The van der Waals surface area contributed by atoms with Crippen molar-refractivity contribution in [2.45, 2.75) is 26.3 Å². The van der Waals surface area contributed by atoms with Crippen LogP contribution in [-0.2, 0) is 13.0 Å². The van der Waals surface area contributed by atoms with Gasteiger partial charge in [-0.25, -0.2) is 0 Å². The lowest BCUT2D eigenvalue weighted by atomic mass is 10.1. The minimum Gasteiger partial charge on any atom is -0.312 e. The smallest absolute Gasteiger partial charge is 0.231 e. The number of rotatable bonds is 1. The minimum absolute atomic E-state index is 0.167. The van der Waals surface area contributed by atoms with Crippen LogP contribution >= 0.6 is 15.9 Å². The summed E-state index contributed by atoms with van der Waals surface area (Å²) in [6.07, 6.45) is 1.49. The highest BCUT2D eigenvalue weighted by molar-refractivity contribution is 9.10. The second kappa shape index (κ2) is 3.87. The predicted octanol–water partition coefficient (Wildman–Crippen LogP) is 1.95. The van der Waals surface area contributed by atoms with Crippen molar-refractivity contribution in [1.82, 2.24) is 9.88 Å². The van der Waals surface area contributed by atoms with Gasteiger partial charge in [-0.05, 0) is 27.6 Å². The summed E-state index contributed by atoms with van der Waals surface area (Å²) in [5.41, 5.74) is 2.41. The van der Waals surface area contributed by atoms with Gasteiger partial charge in [0.05, 0.1) is 4.60 Å². The van der Waals surface area contributed by atoms with Gasteiger partial charge in [0.15, 0.2) is 0 Å². The van der Waals surface area contributed by atoms with E-state index in [-0.39, 0.29) is 5.91 Å². The molecule has 0 atom stereocenters. The van der Waals surface area contributed by atoms with E-state index in [1.807, 2.05) is 13.0 Å². The zero-order chi connectivity index (χ0) is 10.1. The average Bonchev–Trinajstić information content (AvgIpc) is 2.53. The second-order valence-electron chi connectivity index (χ2n) is 3.45. The van der Waals surface area contributed by atoms with Gasteiger partial charge in [0.2, 0.25) is 5.91 Å². The number of fused-ring (bicyclic) bond motifs is 1. The van der Waals surface area contributed by atoms with Crippen LogP contribution in [0, 0.1) is 0 Å². The molecule has 0 saturated carbocycles. The van der Waals surface area contributed by atoms with Crippen LogP contribution in [0.3, 0.4) is 0 Å². The van der Waals surface area contributed by atoms with Gasteiger partial charge in [-0.1, -0.05) is 6.92 Å². The molecule has 0 radical (unpaired) electrons. The number of carbonyl (C=O) groups is 1. The van der Waals surface area contributed by atoms with Crippen LogP contribution in [0.5, 0.6) is 0 Å². The number of carbonyl (C=O) groups excluding carboxylic acids is 1. The van der Waals surface area contributed by atoms with Gasteiger partial charge in [0.25, 0.3) is 0 Å². The Kier molecular flexibility index (Phi) is 2.74. The molecule has 0 unspecified atom stereocenters. The van der Waals surface area contributed by atoms with E-state index in [9.17, 15) is 4.79 Å². The number of halogens is 1. The summed E-state index contributed by atoms with van der Waals surface area (Å²) in [5, 5.41) is 3.29. The lowest BCUT2D eigenvalue weighted by Gasteiger charge is -2.15. The molecule has 0 amide bonds. The molecule has 14 heavy (non-hydrogen) atoms. The van der Waals surface area contributed by atoms with E-state index in [2.05, 4.69) is 21.2 Å². The summed E-state index contributed by atoms with van der Waals surface area (Å²) in [6, 6.07) is 2.04. The zero-order valence-corrected chi connectivity index (χ0v) is 9.73. The quantitative estimate of drug-likeness (QED) is 0.834. The van der Waals surface area contributed by atoms with Crippen molar-refractivity contribution in [2.24, 2.45) is 0 Å². The third-order valence-electron chi connectivity index (χ3n) is 2.55. The summed E-state index contributed by atoms with van der Waals surface area (Å²) in [7, 11) is 0. The van der Waals surface area contributed by atoms with Crippen molar-refractivity contribution in [3.05, 3.63) is 21.9 Å². The molecule has 2 heterocycles. The highest BCUT2D eigenvalue weighted by atomic mass is 79.9. The van der Waals surface area contributed by atoms with E-state index in [0.717, 1.165) is 24.1 Å². The molecule has 1 N–H and O–H groups in total. The molecule has 1 aliphatic rings. The van der Waals surface area contributed by atoms with Crippen molar-refractivity contribution >= 4 is 21.8 Å². The third-order valence-corrected chi connectivity index (χ3v) is 3.14. The molecular formula is C10H13BrN2O. The molecule has 0 fully saturated rings. The standard InChI is InChI=1S/C10H13BrN2O/c1-2-10(14)13-8-3-4-12-6-7(8)5-9(13)11/h5,12H,2-4,6H2,1H3. The van der Waals surface area contributed by atoms with Crippen molar-refractivity contribution in [3.8, 4) is 0 Å². The van der Waals surface area contributed by atoms with E-state index in [1.54, 1.807) is 4.57 Å². The van der Waals surface area contributed by atoms with Gasteiger partial charge in [-0.2, -0.15) is 0 Å². The van der Waals surface area contributed by atoms with E-state index in [1.165, 1.54) is 11.3 Å².